The van der Waals surface area contributed by atoms with Gasteiger partial charge in [0.05, 0.1) is 6.20 Å². The van der Waals surface area contributed by atoms with Gasteiger partial charge >= 0.3 is 0 Å². The van der Waals surface area contributed by atoms with Crippen LogP contribution in [0.4, 0.5) is 0 Å². The smallest absolute Gasteiger partial charge is 0.177 e. The Labute approximate surface area is 130 Å². The molecule has 0 amide bonds. The number of nitrogens with zero attached hydrogens (tertiary/aromatic N) is 2. The molecule has 0 atom stereocenters. The summed E-state index contributed by atoms with van der Waals surface area (Å²) in [4.78, 5) is 16.6. The van der Waals surface area contributed by atoms with E-state index in [0.29, 0.717) is 5.69 Å². The van der Waals surface area contributed by atoms with Gasteiger partial charge < -0.3 is 9.30 Å². The minimum Gasteiger partial charge on any atom is -0.382 e. The van der Waals surface area contributed by atoms with E-state index < -0.39 is 0 Å². The van der Waals surface area contributed by atoms with Crippen LogP contribution in [0.1, 0.15) is 31.3 Å². The van der Waals surface area contributed by atoms with Crippen LogP contribution in [0, 0.1) is 0 Å². The first-order valence-corrected chi connectivity index (χ1v) is 7.75. The molecule has 0 N–H and O–H groups in total. The molecule has 0 fully saturated rings. The Morgan fingerprint density at radius 2 is 1.86 bits per heavy atom. The van der Waals surface area contributed by atoms with E-state index in [1.165, 1.54) is 0 Å². The van der Waals surface area contributed by atoms with Gasteiger partial charge in [0.25, 0.3) is 0 Å². The number of ether oxygens (including phenoxy) is 1. The number of Topliss-reactive ketones (excluding diaryl/α,β-unsaturated/α-hetero) is 1. The molecule has 1 aromatic heterocycles. The third-order valence-corrected chi connectivity index (χ3v) is 3.74. The van der Waals surface area contributed by atoms with Crippen molar-refractivity contribution in [3.05, 3.63) is 42.2 Å². The van der Waals surface area contributed by atoms with E-state index in [9.17, 15) is 4.79 Å². The molecule has 0 saturated carbocycles. The highest BCUT2D eigenvalue weighted by Crippen LogP contribution is 2.26. The van der Waals surface area contributed by atoms with Crippen LogP contribution in [-0.2, 0) is 11.8 Å². The van der Waals surface area contributed by atoms with Crippen LogP contribution in [0.2, 0.25) is 0 Å². The summed E-state index contributed by atoms with van der Waals surface area (Å²) in [7, 11) is 1.86. The zero-order chi connectivity index (χ0) is 15.7. The molecule has 0 unspecified atom stereocenters. The van der Waals surface area contributed by atoms with Crippen LogP contribution in [-0.4, -0.2) is 28.5 Å². The maximum atomic E-state index is 11.3. The molecule has 21 heavy (non-hydrogen) atoms. The average Bonchev–Trinajstić information content (AvgIpc) is 2.83. The van der Waals surface area contributed by atoms with Gasteiger partial charge in [-0.15, -0.1) is 0 Å². The van der Waals surface area contributed by atoms with Crippen molar-refractivity contribution in [2.24, 2.45) is 7.05 Å². The fourth-order valence-corrected chi connectivity index (χ4v) is 2.46. The van der Waals surface area contributed by atoms with Crippen LogP contribution in [0.15, 0.2) is 46.6 Å². The fraction of sp³-hybridized carbons (Fsp3) is 0.375. The standard InChI is InChI=1S/C12H12N2OS.C4H10O/c1-9(15)11-8-13-12(14(11)2)16-10-6-4-3-5-7-10;1-3-5-4-2/h3-8H,1-2H3;3-4H2,1-2H3. The van der Waals surface area contributed by atoms with Crippen LogP contribution >= 0.6 is 11.8 Å². The van der Waals surface area contributed by atoms with Crippen molar-refractivity contribution in [3.8, 4) is 0 Å². The lowest BCUT2D eigenvalue weighted by atomic mass is 10.3. The van der Waals surface area contributed by atoms with Crippen LogP contribution < -0.4 is 0 Å². The van der Waals surface area contributed by atoms with Crippen LogP contribution in [0.25, 0.3) is 0 Å². The Morgan fingerprint density at radius 1 is 1.24 bits per heavy atom. The Hall–Kier alpha value is -1.59. The van der Waals surface area contributed by atoms with E-state index in [4.69, 9.17) is 4.74 Å². The lowest BCUT2D eigenvalue weighted by Crippen LogP contribution is -2.02. The zero-order valence-corrected chi connectivity index (χ0v) is 13.8. The van der Waals surface area contributed by atoms with E-state index in [2.05, 4.69) is 4.98 Å². The Bertz CT molecular complexity index is 551. The molecule has 0 saturated heterocycles. The second-order valence-corrected chi connectivity index (χ2v) is 5.28. The molecule has 2 rings (SSSR count). The fourth-order valence-electron chi connectivity index (χ4n) is 1.61. The lowest BCUT2D eigenvalue weighted by Gasteiger charge is -2.03. The van der Waals surface area contributed by atoms with Crippen LogP contribution in [0.5, 0.6) is 0 Å². The maximum absolute atomic E-state index is 11.3. The van der Waals surface area contributed by atoms with Gasteiger partial charge in [0, 0.05) is 32.1 Å². The third-order valence-electron chi connectivity index (χ3n) is 2.67. The number of imidazole rings is 1. The molecular formula is C16H22N2O2S. The maximum Gasteiger partial charge on any atom is 0.177 e. The van der Waals surface area contributed by atoms with Gasteiger partial charge in [0.2, 0.25) is 0 Å². The molecule has 5 heteroatoms. The normalized spacial score (nSPS) is 9.90. The van der Waals surface area contributed by atoms with E-state index in [1.54, 1.807) is 24.9 Å². The molecule has 0 aliphatic carbocycles. The Balaban J connectivity index is 0.000000383. The summed E-state index contributed by atoms with van der Waals surface area (Å²) in [5, 5.41) is 0.830. The van der Waals surface area contributed by atoms with Crippen molar-refractivity contribution >= 4 is 17.5 Å². The molecule has 4 nitrogen and oxygen atoms in total. The SMILES string of the molecule is CC(=O)c1cnc(Sc2ccccc2)n1C.CCOCC. The van der Waals surface area contributed by atoms with E-state index >= 15 is 0 Å². The van der Waals surface area contributed by atoms with Crippen molar-refractivity contribution in [1.82, 2.24) is 9.55 Å². The quantitative estimate of drug-likeness (QED) is 0.788. The highest BCUT2D eigenvalue weighted by atomic mass is 32.2. The molecule has 1 heterocycles. The summed E-state index contributed by atoms with van der Waals surface area (Å²) in [6, 6.07) is 9.98. The number of aromatic nitrogens is 2. The molecule has 0 spiro atoms. The average molecular weight is 306 g/mol. The number of carbonyl (C=O) groups is 1. The molecule has 2 aromatic rings. The zero-order valence-electron chi connectivity index (χ0n) is 13.0. The summed E-state index contributed by atoms with van der Waals surface area (Å²) < 4.78 is 6.65. The monoisotopic (exact) mass is 306 g/mol. The van der Waals surface area contributed by atoms with Crippen molar-refractivity contribution in [1.29, 1.82) is 0 Å². The van der Waals surface area contributed by atoms with Crippen LogP contribution in [0.3, 0.4) is 0 Å². The second-order valence-electron chi connectivity index (χ2n) is 4.24. The molecule has 0 aliphatic heterocycles. The summed E-state index contributed by atoms with van der Waals surface area (Å²) in [6.45, 7) is 7.22. The number of benzene rings is 1. The van der Waals surface area contributed by atoms with Crippen molar-refractivity contribution in [2.45, 2.75) is 30.8 Å². The largest absolute Gasteiger partial charge is 0.382 e. The first-order valence-electron chi connectivity index (χ1n) is 6.93. The van der Waals surface area contributed by atoms with Gasteiger partial charge in [-0.25, -0.2) is 4.98 Å². The highest BCUT2D eigenvalue weighted by molar-refractivity contribution is 7.99. The number of ketones is 1. The lowest BCUT2D eigenvalue weighted by molar-refractivity contribution is 0.100. The van der Waals surface area contributed by atoms with Gasteiger partial charge in [-0.1, -0.05) is 30.0 Å². The highest BCUT2D eigenvalue weighted by Gasteiger charge is 2.10. The molecule has 114 valence electrons. The minimum absolute atomic E-state index is 0.0370. The van der Waals surface area contributed by atoms with Gasteiger partial charge in [-0.05, 0) is 26.0 Å². The predicted molar refractivity (Wildman–Crippen MR) is 85.9 cm³/mol. The number of hydrogen-bond donors (Lipinski definition) is 0. The van der Waals surface area contributed by atoms with Gasteiger partial charge in [-0.2, -0.15) is 0 Å². The summed E-state index contributed by atoms with van der Waals surface area (Å²) in [5.41, 5.74) is 0.637. The topological polar surface area (TPSA) is 44.1 Å². The molecule has 0 radical (unpaired) electrons. The first kappa shape index (κ1) is 17.5. The molecule has 1 aromatic carbocycles. The number of carbonyl (C=O) groups excluding carboxylic acids is 1. The summed E-state index contributed by atoms with van der Waals surface area (Å²) in [6.07, 6.45) is 1.62. The molecule has 0 aliphatic rings. The molecule has 0 bridgehead atoms. The predicted octanol–water partition coefficient (Wildman–Crippen LogP) is 3.82. The number of rotatable bonds is 5. The van der Waals surface area contributed by atoms with Gasteiger partial charge in [-0.3, -0.25) is 4.79 Å². The second kappa shape index (κ2) is 9.37. The van der Waals surface area contributed by atoms with E-state index in [0.717, 1.165) is 23.3 Å². The Morgan fingerprint density at radius 3 is 2.29 bits per heavy atom. The van der Waals surface area contributed by atoms with E-state index in [1.807, 2.05) is 55.8 Å². The van der Waals surface area contributed by atoms with Gasteiger partial charge in [0.15, 0.2) is 10.9 Å². The minimum atomic E-state index is 0.0370. The Kier molecular flexibility index (Phi) is 7.79. The first-order chi connectivity index (χ1) is 10.1. The van der Waals surface area contributed by atoms with Crippen molar-refractivity contribution in [2.75, 3.05) is 13.2 Å². The van der Waals surface area contributed by atoms with Gasteiger partial charge in [0.1, 0.15) is 5.69 Å². The molecular weight excluding hydrogens is 284 g/mol. The third kappa shape index (κ3) is 5.73. The van der Waals surface area contributed by atoms with E-state index in [-0.39, 0.29) is 5.78 Å². The van der Waals surface area contributed by atoms with Crippen molar-refractivity contribution < 1.29 is 9.53 Å². The summed E-state index contributed by atoms with van der Waals surface area (Å²) >= 11 is 1.55. The number of hydrogen-bond acceptors (Lipinski definition) is 4. The summed E-state index contributed by atoms with van der Waals surface area (Å²) in [5.74, 6) is 0.0370. The van der Waals surface area contributed by atoms with Crippen molar-refractivity contribution in [3.63, 3.8) is 0 Å².